The van der Waals surface area contributed by atoms with Gasteiger partial charge in [-0.1, -0.05) is 0 Å². The minimum absolute atomic E-state index is 0.154. The van der Waals surface area contributed by atoms with Crippen molar-refractivity contribution >= 4 is 12.6 Å². The topological polar surface area (TPSA) is 93.1 Å². The van der Waals surface area contributed by atoms with Crippen molar-refractivity contribution in [2.75, 3.05) is 14.2 Å². The molecule has 0 saturated heterocycles. The fraction of sp³-hybridized carbons (Fsp3) is 0.222. The number of hydrogen-bond acceptors (Lipinski definition) is 6. The lowest BCUT2D eigenvalue weighted by molar-refractivity contribution is 0.111. The number of aldehydes is 2. The largest absolute Gasteiger partial charge is 0.504 e. The lowest BCUT2D eigenvalue weighted by Crippen LogP contribution is -1.98. The van der Waals surface area contributed by atoms with Crippen LogP contribution in [0, 0.1) is 0 Å². The Bertz CT molecular complexity index is 701. The van der Waals surface area contributed by atoms with Gasteiger partial charge in [-0.15, -0.1) is 0 Å². The van der Waals surface area contributed by atoms with Gasteiger partial charge in [-0.3, -0.25) is 9.59 Å². The molecular formula is C18H18O6. The molecule has 24 heavy (non-hydrogen) atoms. The van der Waals surface area contributed by atoms with E-state index >= 15 is 0 Å². The average molecular weight is 330 g/mol. The molecule has 2 aromatic rings. The highest BCUT2D eigenvalue weighted by Gasteiger charge is 2.12. The van der Waals surface area contributed by atoms with Crippen LogP contribution >= 0.6 is 0 Å². The molecule has 2 N–H and O–H groups in total. The van der Waals surface area contributed by atoms with E-state index in [2.05, 4.69) is 0 Å². The molecule has 0 unspecified atom stereocenters. The van der Waals surface area contributed by atoms with Crippen LogP contribution in [0.25, 0.3) is 0 Å². The van der Waals surface area contributed by atoms with Crippen molar-refractivity contribution in [2.45, 2.75) is 12.8 Å². The fourth-order valence-electron chi connectivity index (χ4n) is 2.45. The number of benzene rings is 2. The molecule has 0 heterocycles. The van der Waals surface area contributed by atoms with E-state index in [1.165, 1.54) is 14.2 Å². The SMILES string of the molecule is COc1cc(CCc2cc(C=O)c(O)c(OC)c2)cc(C=O)c1O. The second-order valence-electron chi connectivity index (χ2n) is 5.21. The Morgan fingerprint density at radius 2 is 1.17 bits per heavy atom. The Hall–Kier alpha value is -3.02. The molecule has 0 amide bonds. The number of phenolic OH excluding ortho intramolecular Hbond substituents is 2. The minimum atomic E-state index is -0.189. The van der Waals surface area contributed by atoms with Gasteiger partial charge in [0.1, 0.15) is 0 Å². The zero-order valence-electron chi connectivity index (χ0n) is 13.4. The first-order valence-electron chi connectivity index (χ1n) is 7.24. The predicted molar refractivity (Wildman–Crippen MR) is 87.5 cm³/mol. The Labute approximate surface area is 139 Å². The molecule has 126 valence electrons. The van der Waals surface area contributed by atoms with E-state index in [1.807, 2.05) is 0 Å². The van der Waals surface area contributed by atoms with Crippen molar-refractivity contribution < 1.29 is 29.3 Å². The number of carbonyl (C=O) groups excluding carboxylic acids is 2. The smallest absolute Gasteiger partial charge is 0.168 e. The maximum Gasteiger partial charge on any atom is 0.168 e. The number of carbonyl (C=O) groups is 2. The van der Waals surface area contributed by atoms with Crippen LogP contribution in [0.1, 0.15) is 31.8 Å². The molecule has 2 rings (SSSR count). The van der Waals surface area contributed by atoms with E-state index in [1.54, 1.807) is 24.3 Å². The summed E-state index contributed by atoms with van der Waals surface area (Å²) >= 11 is 0. The highest BCUT2D eigenvalue weighted by Crippen LogP contribution is 2.33. The quantitative estimate of drug-likeness (QED) is 0.758. The van der Waals surface area contributed by atoms with E-state index in [9.17, 15) is 19.8 Å². The van der Waals surface area contributed by atoms with Crippen LogP contribution in [0.3, 0.4) is 0 Å². The molecule has 0 aromatic heterocycles. The normalized spacial score (nSPS) is 10.2. The van der Waals surface area contributed by atoms with Gasteiger partial charge in [-0.05, 0) is 48.2 Å². The van der Waals surface area contributed by atoms with Gasteiger partial charge in [0, 0.05) is 0 Å². The molecule has 0 aliphatic rings. The van der Waals surface area contributed by atoms with Crippen LogP contribution in [0.4, 0.5) is 0 Å². The second-order valence-corrected chi connectivity index (χ2v) is 5.21. The first kappa shape index (κ1) is 17.3. The molecule has 0 aliphatic heterocycles. The monoisotopic (exact) mass is 330 g/mol. The van der Waals surface area contributed by atoms with E-state index in [-0.39, 0.29) is 34.1 Å². The first-order chi connectivity index (χ1) is 11.5. The van der Waals surface area contributed by atoms with Crippen LogP contribution in [-0.2, 0) is 12.8 Å². The molecule has 6 heteroatoms. The number of hydrogen-bond donors (Lipinski definition) is 2. The molecule has 0 atom stereocenters. The van der Waals surface area contributed by atoms with Crippen molar-refractivity contribution in [1.82, 2.24) is 0 Å². The number of methoxy groups -OCH3 is 2. The van der Waals surface area contributed by atoms with Gasteiger partial charge in [0.05, 0.1) is 25.3 Å². The molecule has 0 fully saturated rings. The van der Waals surface area contributed by atoms with Crippen molar-refractivity contribution in [2.24, 2.45) is 0 Å². The van der Waals surface area contributed by atoms with Gasteiger partial charge in [-0.25, -0.2) is 0 Å². The van der Waals surface area contributed by atoms with Crippen LogP contribution in [0.5, 0.6) is 23.0 Å². The third kappa shape index (κ3) is 3.48. The lowest BCUT2D eigenvalue weighted by Gasteiger charge is -2.11. The van der Waals surface area contributed by atoms with Crippen LogP contribution < -0.4 is 9.47 Å². The van der Waals surface area contributed by atoms with Gasteiger partial charge in [-0.2, -0.15) is 0 Å². The van der Waals surface area contributed by atoms with E-state index in [0.29, 0.717) is 25.4 Å². The van der Waals surface area contributed by atoms with Gasteiger partial charge >= 0.3 is 0 Å². The summed E-state index contributed by atoms with van der Waals surface area (Å²) in [7, 11) is 2.82. The lowest BCUT2D eigenvalue weighted by atomic mass is 10.00. The summed E-state index contributed by atoms with van der Waals surface area (Å²) in [6.45, 7) is 0. The summed E-state index contributed by atoms with van der Waals surface area (Å²) in [6, 6.07) is 6.48. The molecular weight excluding hydrogens is 312 g/mol. The van der Waals surface area contributed by atoms with Crippen molar-refractivity contribution in [1.29, 1.82) is 0 Å². The number of aryl methyl sites for hydroxylation is 2. The van der Waals surface area contributed by atoms with E-state index in [0.717, 1.165) is 11.1 Å². The molecule has 0 bridgehead atoms. The first-order valence-corrected chi connectivity index (χ1v) is 7.24. The minimum Gasteiger partial charge on any atom is -0.504 e. The van der Waals surface area contributed by atoms with Crippen LogP contribution in [0.2, 0.25) is 0 Å². The number of phenols is 2. The third-order valence-electron chi connectivity index (χ3n) is 3.72. The number of aromatic hydroxyl groups is 2. The van der Waals surface area contributed by atoms with Crippen LogP contribution in [0.15, 0.2) is 24.3 Å². The summed E-state index contributed by atoms with van der Waals surface area (Å²) < 4.78 is 10.1. The summed E-state index contributed by atoms with van der Waals surface area (Å²) in [5, 5.41) is 19.7. The maximum atomic E-state index is 11.0. The Morgan fingerprint density at radius 1 is 0.792 bits per heavy atom. The number of ether oxygens (including phenoxy) is 2. The van der Waals surface area contributed by atoms with Crippen molar-refractivity contribution in [3.8, 4) is 23.0 Å². The third-order valence-corrected chi connectivity index (χ3v) is 3.72. The fourth-order valence-corrected chi connectivity index (χ4v) is 2.45. The maximum absolute atomic E-state index is 11.0. The van der Waals surface area contributed by atoms with Gasteiger partial charge in [0.15, 0.2) is 35.6 Å². The van der Waals surface area contributed by atoms with E-state index < -0.39 is 0 Å². The molecule has 0 aliphatic carbocycles. The molecule has 6 nitrogen and oxygen atoms in total. The van der Waals surface area contributed by atoms with Crippen molar-refractivity contribution in [3.05, 3.63) is 46.5 Å². The van der Waals surface area contributed by atoms with Gasteiger partial charge in [0.25, 0.3) is 0 Å². The number of rotatable bonds is 7. The highest BCUT2D eigenvalue weighted by atomic mass is 16.5. The molecule has 0 spiro atoms. The Kier molecular flexibility index (Phi) is 5.42. The second kappa shape index (κ2) is 7.50. The van der Waals surface area contributed by atoms with Gasteiger partial charge < -0.3 is 19.7 Å². The Balaban J connectivity index is 2.28. The highest BCUT2D eigenvalue weighted by molar-refractivity contribution is 5.82. The molecule has 0 radical (unpaired) electrons. The van der Waals surface area contributed by atoms with E-state index in [4.69, 9.17) is 9.47 Å². The summed E-state index contributed by atoms with van der Waals surface area (Å²) in [5.41, 5.74) is 1.90. The van der Waals surface area contributed by atoms with Crippen LogP contribution in [-0.4, -0.2) is 37.0 Å². The summed E-state index contributed by atoms with van der Waals surface area (Å²) in [5.74, 6) is 0.0783. The standard InChI is InChI=1S/C18H18O6/c1-23-15-7-11(5-13(9-19)17(15)21)3-4-12-6-14(10-20)18(22)16(8-12)24-2/h5-10,21-22H,3-4H2,1-2H3. The zero-order chi connectivity index (χ0) is 17.7. The predicted octanol–water partition coefficient (Wildman–Crippen LogP) is 2.53. The van der Waals surface area contributed by atoms with Gasteiger partial charge in [0.2, 0.25) is 0 Å². The summed E-state index contributed by atoms with van der Waals surface area (Å²) in [6.07, 6.45) is 2.22. The molecule has 0 saturated carbocycles. The zero-order valence-corrected chi connectivity index (χ0v) is 13.4. The molecule has 2 aromatic carbocycles. The Morgan fingerprint density at radius 3 is 1.46 bits per heavy atom. The average Bonchev–Trinajstić information content (AvgIpc) is 2.61. The summed E-state index contributed by atoms with van der Waals surface area (Å²) in [4.78, 5) is 22.1. The van der Waals surface area contributed by atoms with Crippen molar-refractivity contribution in [3.63, 3.8) is 0 Å².